The number of amides is 1. The molecule has 3 aromatic rings. The maximum Gasteiger partial charge on any atom is 0.337 e. The van der Waals surface area contributed by atoms with Crippen LogP contribution in [0.15, 0.2) is 91.1 Å². The highest BCUT2D eigenvalue weighted by atomic mass is 79.9. The van der Waals surface area contributed by atoms with Crippen LogP contribution in [-0.2, 0) is 9.59 Å². The highest BCUT2D eigenvalue weighted by molar-refractivity contribution is 9.10. The minimum absolute atomic E-state index is 0.101. The second-order valence-corrected chi connectivity index (χ2v) is 10.2. The molecule has 0 saturated carbocycles. The summed E-state index contributed by atoms with van der Waals surface area (Å²) in [6.07, 6.45) is 4.94. The van der Waals surface area contributed by atoms with Crippen molar-refractivity contribution in [3.05, 3.63) is 92.5 Å². The number of pyridine rings is 1. The fourth-order valence-corrected chi connectivity index (χ4v) is 5.10. The van der Waals surface area contributed by atoms with Gasteiger partial charge in [0.15, 0.2) is 0 Å². The third kappa shape index (κ3) is 4.40. The van der Waals surface area contributed by atoms with Crippen molar-refractivity contribution < 1.29 is 19.0 Å². The lowest BCUT2D eigenvalue weighted by molar-refractivity contribution is -0.361. The molecule has 2 atom stereocenters. The molecule has 1 aliphatic heterocycles. The molecule has 8 heteroatoms. The predicted molar refractivity (Wildman–Crippen MR) is 136 cm³/mol. The number of benzene rings is 1. The molecule has 1 amide bonds. The SMILES string of the molecule is CC1=C(C(=O)Nc2ccc(Br)c[nH+]2)C(c2ccc(-c3ccc(Br)cc3)o2)C2C(=O)CCC=C2N1. The van der Waals surface area contributed by atoms with Crippen molar-refractivity contribution in [3.8, 4) is 11.3 Å². The summed E-state index contributed by atoms with van der Waals surface area (Å²) in [6, 6.07) is 15.2. The standard InChI is InChI=1S/C26H21Br2N3O3/c1-14-23(26(33)31-22-12-9-17(28)13-29-22)25(24-18(30-14)3-2-4-19(24)32)21-11-10-20(34-21)15-5-7-16(27)8-6-15/h3,5-13,24-25,30H,2,4H2,1H3,(H,29,31,33)/p+1. The molecule has 0 saturated heterocycles. The van der Waals surface area contributed by atoms with Gasteiger partial charge in [0.05, 0.1) is 21.9 Å². The third-order valence-electron chi connectivity index (χ3n) is 6.15. The Labute approximate surface area is 213 Å². The van der Waals surface area contributed by atoms with Gasteiger partial charge in [-0.25, -0.2) is 15.1 Å². The first-order valence-electron chi connectivity index (χ1n) is 11.0. The molecule has 1 aliphatic carbocycles. The molecule has 3 N–H and O–H groups in total. The van der Waals surface area contributed by atoms with Gasteiger partial charge in [-0.1, -0.05) is 34.1 Å². The quantitative estimate of drug-likeness (QED) is 0.410. The summed E-state index contributed by atoms with van der Waals surface area (Å²) in [5.41, 5.74) is 2.96. The van der Waals surface area contributed by atoms with Crippen LogP contribution in [0.2, 0.25) is 0 Å². The molecule has 34 heavy (non-hydrogen) atoms. The van der Waals surface area contributed by atoms with Crippen LogP contribution in [0.25, 0.3) is 11.3 Å². The number of allylic oxidation sites excluding steroid dienone is 3. The lowest BCUT2D eigenvalue weighted by Gasteiger charge is -2.36. The van der Waals surface area contributed by atoms with E-state index in [0.29, 0.717) is 41.5 Å². The number of halogens is 2. The summed E-state index contributed by atoms with van der Waals surface area (Å²) >= 11 is 6.84. The Morgan fingerprint density at radius 2 is 1.82 bits per heavy atom. The van der Waals surface area contributed by atoms with Crippen LogP contribution in [0.5, 0.6) is 0 Å². The van der Waals surface area contributed by atoms with Crippen LogP contribution in [0, 0.1) is 5.92 Å². The van der Waals surface area contributed by atoms with Crippen molar-refractivity contribution in [1.82, 2.24) is 5.32 Å². The Kier molecular flexibility index (Phi) is 6.27. The van der Waals surface area contributed by atoms with Crippen molar-refractivity contribution in [2.75, 3.05) is 5.32 Å². The number of rotatable bonds is 4. The Balaban J connectivity index is 1.56. The Hall–Kier alpha value is -2.97. The lowest BCUT2D eigenvalue weighted by atomic mass is 9.72. The summed E-state index contributed by atoms with van der Waals surface area (Å²) < 4.78 is 8.14. The van der Waals surface area contributed by atoms with E-state index in [9.17, 15) is 9.59 Å². The van der Waals surface area contributed by atoms with E-state index in [1.165, 1.54) is 0 Å². The van der Waals surface area contributed by atoms with Gasteiger partial charge in [0.2, 0.25) is 0 Å². The summed E-state index contributed by atoms with van der Waals surface area (Å²) in [6.45, 7) is 1.86. The summed E-state index contributed by atoms with van der Waals surface area (Å²) in [5, 5.41) is 6.25. The van der Waals surface area contributed by atoms with Crippen molar-refractivity contribution in [1.29, 1.82) is 0 Å². The maximum atomic E-state index is 13.5. The van der Waals surface area contributed by atoms with E-state index in [4.69, 9.17) is 4.42 Å². The van der Waals surface area contributed by atoms with Crippen LogP contribution < -0.4 is 15.6 Å². The van der Waals surface area contributed by atoms with Crippen LogP contribution >= 0.6 is 31.9 Å². The molecule has 0 radical (unpaired) electrons. The molecule has 0 spiro atoms. The summed E-state index contributed by atoms with van der Waals surface area (Å²) in [5.74, 6) is 0.634. The molecule has 3 heterocycles. The van der Waals surface area contributed by atoms with Gasteiger partial charge in [-0.05, 0) is 59.6 Å². The number of carbonyl (C=O) groups excluding carboxylic acids is 2. The summed E-state index contributed by atoms with van der Waals surface area (Å²) in [7, 11) is 0. The molecule has 2 aliphatic rings. The van der Waals surface area contributed by atoms with Crippen molar-refractivity contribution >= 4 is 49.4 Å². The van der Waals surface area contributed by atoms with Gasteiger partial charge in [0.25, 0.3) is 5.82 Å². The van der Waals surface area contributed by atoms with Gasteiger partial charge in [-0.15, -0.1) is 0 Å². The minimum atomic E-state index is -0.528. The number of ketones is 1. The normalized spacial score (nSPS) is 19.9. The monoisotopic (exact) mass is 582 g/mol. The number of carbonyl (C=O) groups is 2. The number of fused-ring (bicyclic) bond motifs is 1. The number of nitrogens with one attached hydrogen (secondary N) is 3. The van der Waals surface area contributed by atoms with Crippen molar-refractivity contribution in [2.24, 2.45) is 5.92 Å². The highest BCUT2D eigenvalue weighted by Gasteiger charge is 2.45. The van der Waals surface area contributed by atoms with Gasteiger partial charge in [-0.3, -0.25) is 4.79 Å². The smallest absolute Gasteiger partial charge is 0.337 e. The molecule has 1 aromatic carbocycles. The van der Waals surface area contributed by atoms with Crippen LogP contribution in [0.4, 0.5) is 5.82 Å². The van der Waals surface area contributed by atoms with Crippen molar-refractivity contribution in [3.63, 3.8) is 0 Å². The second kappa shape index (κ2) is 9.35. The zero-order chi connectivity index (χ0) is 23.8. The number of aromatic amines is 1. The van der Waals surface area contributed by atoms with Crippen LogP contribution in [0.3, 0.4) is 0 Å². The number of Topliss-reactive ketones (excluding diaryl/α,β-unsaturated/α-hetero) is 1. The van der Waals surface area contributed by atoms with E-state index in [1.54, 1.807) is 12.3 Å². The topological polar surface area (TPSA) is 85.5 Å². The highest BCUT2D eigenvalue weighted by Crippen LogP contribution is 2.45. The number of hydrogen-bond donors (Lipinski definition) is 2. The number of furan rings is 1. The zero-order valence-electron chi connectivity index (χ0n) is 18.3. The Morgan fingerprint density at radius 1 is 1.06 bits per heavy atom. The third-order valence-corrected chi connectivity index (χ3v) is 7.17. The van der Waals surface area contributed by atoms with Gasteiger partial charge >= 0.3 is 5.91 Å². The number of H-pyrrole nitrogens is 1. The Morgan fingerprint density at radius 3 is 2.56 bits per heavy atom. The van der Waals surface area contributed by atoms with E-state index in [0.717, 1.165) is 20.2 Å². The molecule has 2 unspecified atom stereocenters. The largest absolute Gasteiger partial charge is 0.460 e. The fraction of sp³-hybridized carbons (Fsp3) is 0.192. The van der Waals surface area contributed by atoms with E-state index < -0.39 is 11.8 Å². The fourth-order valence-electron chi connectivity index (χ4n) is 4.58. The number of hydrogen-bond acceptors (Lipinski definition) is 4. The molecule has 5 rings (SSSR count). The van der Waals surface area contributed by atoms with E-state index in [2.05, 4.69) is 53.6 Å². The van der Waals surface area contributed by atoms with E-state index in [1.807, 2.05) is 49.4 Å². The predicted octanol–water partition coefficient (Wildman–Crippen LogP) is 5.75. The van der Waals surface area contributed by atoms with Crippen LogP contribution in [0.1, 0.15) is 31.4 Å². The van der Waals surface area contributed by atoms with Gasteiger partial charge in [0.1, 0.15) is 23.5 Å². The zero-order valence-corrected chi connectivity index (χ0v) is 21.5. The average molecular weight is 584 g/mol. The molecule has 0 bridgehead atoms. The lowest BCUT2D eigenvalue weighted by Crippen LogP contribution is -2.41. The van der Waals surface area contributed by atoms with Crippen LogP contribution in [-0.4, -0.2) is 11.7 Å². The molecular formula is C26H22Br2N3O3+. The number of anilines is 1. The van der Waals surface area contributed by atoms with Gasteiger partial charge in [-0.2, -0.15) is 0 Å². The first-order chi connectivity index (χ1) is 16.4. The molecule has 2 aromatic heterocycles. The minimum Gasteiger partial charge on any atom is -0.460 e. The first kappa shape index (κ1) is 22.8. The second-order valence-electron chi connectivity index (χ2n) is 8.37. The van der Waals surface area contributed by atoms with Crippen molar-refractivity contribution in [2.45, 2.75) is 25.7 Å². The molecule has 0 fully saturated rings. The first-order valence-corrected chi connectivity index (χ1v) is 12.5. The Bertz CT molecular complexity index is 1320. The number of aromatic nitrogens is 1. The van der Waals surface area contributed by atoms with Gasteiger partial charge < -0.3 is 9.73 Å². The van der Waals surface area contributed by atoms with E-state index in [-0.39, 0.29) is 11.7 Å². The average Bonchev–Trinajstić information content (AvgIpc) is 3.30. The molecule has 6 nitrogen and oxygen atoms in total. The van der Waals surface area contributed by atoms with E-state index >= 15 is 0 Å². The molecule has 172 valence electrons. The maximum absolute atomic E-state index is 13.5. The molecular weight excluding hydrogens is 562 g/mol. The van der Waals surface area contributed by atoms with Gasteiger partial charge in [0, 0.05) is 33.9 Å². The summed E-state index contributed by atoms with van der Waals surface area (Å²) in [4.78, 5) is 29.7.